The molecule has 0 aliphatic rings. The molecule has 0 spiro atoms. The fraction of sp³-hybridized carbons (Fsp3) is 0.545. The largest absolute Gasteiger partial charge is 0.374 e. The maximum Gasteiger partial charge on any atom is 0.0648 e. The number of nitrogens with zero attached hydrogens (tertiary/aromatic N) is 2. The summed E-state index contributed by atoms with van der Waals surface area (Å²) in [6.45, 7) is 5.46. The van der Waals surface area contributed by atoms with E-state index in [9.17, 15) is 0 Å². The van der Waals surface area contributed by atoms with Crippen molar-refractivity contribution >= 4 is 17.3 Å². The minimum Gasteiger partial charge on any atom is -0.374 e. The van der Waals surface area contributed by atoms with Gasteiger partial charge < -0.3 is 4.90 Å². The van der Waals surface area contributed by atoms with Gasteiger partial charge in [-0.2, -0.15) is 0 Å². The first-order valence-corrected chi connectivity index (χ1v) is 5.39. The first-order chi connectivity index (χ1) is 6.63. The molecule has 1 aromatic rings. The van der Waals surface area contributed by atoms with Crippen LogP contribution in [0.4, 0.5) is 5.69 Å². The molecule has 1 heterocycles. The Morgan fingerprint density at radius 3 is 2.79 bits per heavy atom. The lowest BCUT2D eigenvalue weighted by Crippen LogP contribution is -2.22. The highest BCUT2D eigenvalue weighted by Gasteiger charge is 2.04. The molecule has 0 aliphatic heterocycles. The van der Waals surface area contributed by atoms with Gasteiger partial charge in [0, 0.05) is 25.5 Å². The molecule has 2 nitrogen and oxygen atoms in total. The average molecular weight is 213 g/mol. The molecule has 3 heteroatoms. The molecular weight excluding hydrogens is 196 g/mol. The van der Waals surface area contributed by atoms with Crippen molar-refractivity contribution in [3.63, 3.8) is 0 Å². The SMILES string of the molecule is CC(C)CN(C)c1ccnc(CCl)c1. The van der Waals surface area contributed by atoms with E-state index in [2.05, 4.69) is 30.8 Å². The number of alkyl halides is 1. The van der Waals surface area contributed by atoms with Crippen molar-refractivity contribution in [2.75, 3.05) is 18.5 Å². The Balaban J connectivity index is 2.73. The third-order valence-corrected chi connectivity index (χ3v) is 2.29. The van der Waals surface area contributed by atoms with E-state index >= 15 is 0 Å². The molecule has 0 saturated carbocycles. The van der Waals surface area contributed by atoms with E-state index in [1.807, 2.05) is 18.3 Å². The quantitative estimate of drug-likeness (QED) is 0.714. The van der Waals surface area contributed by atoms with E-state index in [0.717, 1.165) is 12.2 Å². The first kappa shape index (κ1) is 11.3. The summed E-state index contributed by atoms with van der Waals surface area (Å²) in [5.41, 5.74) is 2.11. The van der Waals surface area contributed by atoms with Crippen LogP contribution < -0.4 is 4.90 Å². The molecule has 0 aromatic carbocycles. The highest BCUT2D eigenvalue weighted by molar-refractivity contribution is 6.16. The average Bonchev–Trinajstić information content (AvgIpc) is 2.17. The van der Waals surface area contributed by atoms with Crippen LogP contribution in [0.1, 0.15) is 19.5 Å². The van der Waals surface area contributed by atoms with Crippen molar-refractivity contribution < 1.29 is 0 Å². The van der Waals surface area contributed by atoms with Crippen LogP contribution in [0.25, 0.3) is 0 Å². The van der Waals surface area contributed by atoms with Crippen LogP contribution in [0.15, 0.2) is 18.3 Å². The topological polar surface area (TPSA) is 16.1 Å². The minimum atomic E-state index is 0.476. The molecule has 0 fully saturated rings. The van der Waals surface area contributed by atoms with E-state index in [4.69, 9.17) is 11.6 Å². The molecule has 0 saturated heterocycles. The fourth-order valence-electron chi connectivity index (χ4n) is 1.43. The third-order valence-electron chi connectivity index (χ3n) is 2.02. The third kappa shape index (κ3) is 3.18. The minimum absolute atomic E-state index is 0.476. The van der Waals surface area contributed by atoms with Gasteiger partial charge in [-0.25, -0.2) is 0 Å². The van der Waals surface area contributed by atoms with Gasteiger partial charge in [0.05, 0.1) is 11.6 Å². The number of anilines is 1. The molecule has 0 amide bonds. The summed E-state index contributed by atoms with van der Waals surface area (Å²) in [5, 5.41) is 0. The second kappa shape index (κ2) is 5.20. The second-order valence-electron chi connectivity index (χ2n) is 3.91. The van der Waals surface area contributed by atoms with E-state index in [1.165, 1.54) is 5.69 Å². The lowest BCUT2D eigenvalue weighted by molar-refractivity contribution is 0.638. The van der Waals surface area contributed by atoms with Crippen LogP contribution in [0.5, 0.6) is 0 Å². The Morgan fingerprint density at radius 2 is 2.21 bits per heavy atom. The molecule has 0 aliphatic carbocycles. The number of pyridine rings is 1. The molecule has 1 rings (SSSR count). The molecule has 0 bridgehead atoms. The second-order valence-corrected chi connectivity index (χ2v) is 4.18. The number of halogens is 1. The highest BCUT2D eigenvalue weighted by atomic mass is 35.5. The van der Waals surface area contributed by atoms with Crippen molar-refractivity contribution in [1.29, 1.82) is 0 Å². The molecule has 14 heavy (non-hydrogen) atoms. The zero-order chi connectivity index (χ0) is 10.6. The molecule has 0 unspecified atom stereocenters. The van der Waals surface area contributed by atoms with E-state index < -0.39 is 0 Å². The van der Waals surface area contributed by atoms with Crippen LogP contribution in [0.2, 0.25) is 0 Å². The lowest BCUT2D eigenvalue weighted by Gasteiger charge is -2.21. The van der Waals surface area contributed by atoms with E-state index in [0.29, 0.717) is 11.8 Å². The molecule has 0 radical (unpaired) electrons. The summed E-state index contributed by atoms with van der Waals surface area (Å²) in [7, 11) is 2.09. The molecular formula is C11H17ClN2. The summed E-state index contributed by atoms with van der Waals surface area (Å²) in [5.74, 6) is 1.14. The monoisotopic (exact) mass is 212 g/mol. The van der Waals surface area contributed by atoms with Crippen LogP contribution in [-0.4, -0.2) is 18.6 Å². The van der Waals surface area contributed by atoms with Crippen LogP contribution in [-0.2, 0) is 5.88 Å². The number of hydrogen-bond acceptors (Lipinski definition) is 2. The predicted octanol–water partition coefficient (Wildman–Crippen LogP) is 2.91. The smallest absolute Gasteiger partial charge is 0.0648 e. The van der Waals surface area contributed by atoms with Crippen LogP contribution >= 0.6 is 11.6 Å². The van der Waals surface area contributed by atoms with Gasteiger partial charge in [-0.05, 0) is 18.1 Å². The fourth-order valence-corrected chi connectivity index (χ4v) is 1.58. The summed E-state index contributed by atoms with van der Waals surface area (Å²) >= 11 is 5.73. The zero-order valence-corrected chi connectivity index (χ0v) is 9.75. The number of rotatable bonds is 4. The van der Waals surface area contributed by atoms with Gasteiger partial charge in [0.25, 0.3) is 0 Å². The maximum absolute atomic E-state index is 5.73. The Labute approximate surface area is 90.9 Å². The van der Waals surface area contributed by atoms with Crippen molar-refractivity contribution in [3.05, 3.63) is 24.0 Å². The predicted molar refractivity (Wildman–Crippen MR) is 61.9 cm³/mol. The zero-order valence-electron chi connectivity index (χ0n) is 9.00. The lowest BCUT2D eigenvalue weighted by atomic mass is 10.2. The Hall–Kier alpha value is -0.760. The maximum atomic E-state index is 5.73. The van der Waals surface area contributed by atoms with Crippen molar-refractivity contribution in [1.82, 2.24) is 4.98 Å². The van der Waals surface area contributed by atoms with Gasteiger partial charge in [0.1, 0.15) is 0 Å². The number of hydrogen-bond donors (Lipinski definition) is 0. The van der Waals surface area contributed by atoms with Crippen molar-refractivity contribution in [2.45, 2.75) is 19.7 Å². The first-order valence-electron chi connectivity index (χ1n) is 4.85. The summed E-state index contributed by atoms with van der Waals surface area (Å²) in [6.07, 6.45) is 1.81. The summed E-state index contributed by atoms with van der Waals surface area (Å²) < 4.78 is 0. The van der Waals surface area contributed by atoms with Gasteiger partial charge in [0.2, 0.25) is 0 Å². The molecule has 0 N–H and O–H groups in total. The van der Waals surface area contributed by atoms with E-state index in [-0.39, 0.29) is 0 Å². The normalized spacial score (nSPS) is 10.6. The van der Waals surface area contributed by atoms with Crippen molar-refractivity contribution in [2.24, 2.45) is 5.92 Å². The Morgan fingerprint density at radius 1 is 1.50 bits per heavy atom. The van der Waals surface area contributed by atoms with Gasteiger partial charge in [0.15, 0.2) is 0 Å². The summed E-state index contributed by atoms with van der Waals surface area (Å²) in [6, 6.07) is 4.05. The van der Waals surface area contributed by atoms with E-state index in [1.54, 1.807) is 0 Å². The van der Waals surface area contributed by atoms with Crippen LogP contribution in [0, 0.1) is 5.92 Å². The van der Waals surface area contributed by atoms with Gasteiger partial charge in [-0.3, -0.25) is 4.98 Å². The standard InChI is InChI=1S/C11H17ClN2/c1-9(2)8-14(3)11-4-5-13-10(6-11)7-12/h4-6,9H,7-8H2,1-3H3. The Kier molecular flexibility index (Phi) is 4.21. The number of aromatic nitrogens is 1. The summed E-state index contributed by atoms with van der Waals surface area (Å²) in [4.78, 5) is 6.39. The molecule has 78 valence electrons. The van der Waals surface area contributed by atoms with Gasteiger partial charge in [-0.1, -0.05) is 13.8 Å². The van der Waals surface area contributed by atoms with Crippen molar-refractivity contribution in [3.8, 4) is 0 Å². The highest BCUT2D eigenvalue weighted by Crippen LogP contribution is 2.15. The molecule has 0 atom stereocenters. The van der Waals surface area contributed by atoms with Gasteiger partial charge in [-0.15, -0.1) is 11.6 Å². The Bertz CT molecular complexity index is 286. The van der Waals surface area contributed by atoms with Crippen LogP contribution in [0.3, 0.4) is 0 Å². The molecule has 1 aromatic heterocycles. The van der Waals surface area contributed by atoms with Gasteiger partial charge >= 0.3 is 0 Å².